The van der Waals surface area contributed by atoms with Crippen molar-refractivity contribution < 1.29 is 9.53 Å². The lowest BCUT2D eigenvalue weighted by Crippen LogP contribution is -2.40. The highest BCUT2D eigenvalue weighted by Gasteiger charge is 2.23. The molecule has 1 fully saturated rings. The summed E-state index contributed by atoms with van der Waals surface area (Å²) >= 11 is 0. The Morgan fingerprint density at radius 2 is 2.15 bits per heavy atom. The molecule has 20 heavy (non-hydrogen) atoms. The monoisotopic (exact) mass is 275 g/mol. The van der Waals surface area contributed by atoms with Crippen LogP contribution in [0, 0.1) is 0 Å². The van der Waals surface area contributed by atoms with Crippen molar-refractivity contribution in [2.75, 3.05) is 6.61 Å². The third-order valence-electron chi connectivity index (χ3n) is 3.92. The minimum absolute atomic E-state index is 0.00459. The maximum Gasteiger partial charge on any atom is 0.251 e. The lowest BCUT2D eigenvalue weighted by molar-refractivity contribution is 0.0712. The van der Waals surface area contributed by atoms with Crippen LogP contribution in [0.2, 0.25) is 0 Å². The Labute approximate surface area is 121 Å². The number of ether oxygens (including phenoxy) is 1. The van der Waals surface area contributed by atoms with Crippen molar-refractivity contribution in [3.63, 3.8) is 0 Å². The molecule has 1 aliphatic heterocycles. The zero-order valence-corrected chi connectivity index (χ0v) is 12.5. The number of carbonyl (C=O) groups excluding carboxylic acids is 1. The standard InChI is InChI=1S/C17H25NO2/c1-3-4-6-14-8-10-15(11-9-14)17(19)18-13(2)16-7-5-12-20-16/h8-11,13,16H,3-7,12H2,1-2H3,(H,18,19)/t13-,16-/m0/s1. The van der Waals surface area contributed by atoms with Gasteiger partial charge >= 0.3 is 0 Å². The summed E-state index contributed by atoms with van der Waals surface area (Å²) in [4.78, 5) is 12.2. The maximum atomic E-state index is 12.2. The van der Waals surface area contributed by atoms with Gasteiger partial charge in [0.1, 0.15) is 0 Å². The summed E-state index contributed by atoms with van der Waals surface area (Å²) in [6.07, 6.45) is 5.78. The summed E-state index contributed by atoms with van der Waals surface area (Å²) in [5.41, 5.74) is 2.03. The molecule has 2 atom stereocenters. The summed E-state index contributed by atoms with van der Waals surface area (Å²) in [6.45, 7) is 5.02. The minimum atomic E-state index is -0.00459. The SMILES string of the molecule is CCCCc1ccc(C(=O)N[C@@H](C)[C@@H]2CCCO2)cc1. The van der Waals surface area contributed by atoms with E-state index in [1.54, 1.807) is 0 Å². The molecule has 0 aliphatic carbocycles. The Hall–Kier alpha value is -1.35. The van der Waals surface area contributed by atoms with Crippen LogP contribution in [-0.2, 0) is 11.2 Å². The van der Waals surface area contributed by atoms with Crippen LogP contribution in [0.25, 0.3) is 0 Å². The fraction of sp³-hybridized carbons (Fsp3) is 0.588. The van der Waals surface area contributed by atoms with E-state index >= 15 is 0 Å². The fourth-order valence-electron chi connectivity index (χ4n) is 2.58. The summed E-state index contributed by atoms with van der Waals surface area (Å²) < 4.78 is 5.60. The minimum Gasteiger partial charge on any atom is -0.376 e. The van der Waals surface area contributed by atoms with Crippen molar-refractivity contribution in [2.24, 2.45) is 0 Å². The van der Waals surface area contributed by atoms with Gasteiger partial charge in [0, 0.05) is 12.2 Å². The van der Waals surface area contributed by atoms with Crippen LogP contribution in [0.3, 0.4) is 0 Å². The van der Waals surface area contributed by atoms with Crippen LogP contribution >= 0.6 is 0 Å². The summed E-state index contributed by atoms with van der Waals surface area (Å²) in [5.74, 6) is -0.00459. The predicted molar refractivity (Wildman–Crippen MR) is 81.0 cm³/mol. The van der Waals surface area contributed by atoms with Crippen LogP contribution < -0.4 is 5.32 Å². The van der Waals surface area contributed by atoms with E-state index in [4.69, 9.17) is 4.74 Å². The van der Waals surface area contributed by atoms with E-state index < -0.39 is 0 Å². The molecule has 0 saturated carbocycles. The second kappa shape index (κ2) is 7.44. The number of rotatable bonds is 6. The molecular formula is C17H25NO2. The van der Waals surface area contributed by atoms with Gasteiger partial charge in [0.25, 0.3) is 5.91 Å². The smallest absolute Gasteiger partial charge is 0.251 e. The van der Waals surface area contributed by atoms with Gasteiger partial charge in [0.2, 0.25) is 0 Å². The second-order valence-corrected chi connectivity index (χ2v) is 5.61. The van der Waals surface area contributed by atoms with Crippen LogP contribution in [-0.4, -0.2) is 24.7 Å². The molecule has 2 rings (SSSR count). The van der Waals surface area contributed by atoms with Gasteiger partial charge in [0.05, 0.1) is 12.1 Å². The Balaban J connectivity index is 1.88. The van der Waals surface area contributed by atoms with E-state index in [0.717, 1.165) is 31.4 Å². The van der Waals surface area contributed by atoms with Gasteiger partial charge in [0.15, 0.2) is 0 Å². The van der Waals surface area contributed by atoms with E-state index in [1.807, 2.05) is 19.1 Å². The number of amides is 1. The first-order valence-corrected chi connectivity index (χ1v) is 7.72. The van der Waals surface area contributed by atoms with E-state index in [-0.39, 0.29) is 18.1 Å². The van der Waals surface area contributed by atoms with Crippen molar-refractivity contribution in [1.29, 1.82) is 0 Å². The highest BCUT2D eigenvalue weighted by atomic mass is 16.5. The second-order valence-electron chi connectivity index (χ2n) is 5.61. The average Bonchev–Trinajstić information content (AvgIpc) is 3.00. The van der Waals surface area contributed by atoms with Crippen molar-refractivity contribution >= 4 is 5.91 Å². The van der Waals surface area contributed by atoms with Gasteiger partial charge < -0.3 is 10.1 Å². The molecule has 0 bridgehead atoms. The van der Waals surface area contributed by atoms with Gasteiger partial charge in [-0.15, -0.1) is 0 Å². The molecule has 0 spiro atoms. The first-order valence-electron chi connectivity index (χ1n) is 7.72. The lowest BCUT2D eigenvalue weighted by atomic mass is 10.1. The zero-order chi connectivity index (χ0) is 14.4. The van der Waals surface area contributed by atoms with Gasteiger partial charge in [-0.2, -0.15) is 0 Å². The van der Waals surface area contributed by atoms with Crippen LogP contribution in [0.4, 0.5) is 0 Å². The molecule has 110 valence electrons. The number of nitrogens with one attached hydrogen (secondary N) is 1. The number of aryl methyl sites for hydroxylation is 1. The van der Waals surface area contributed by atoms with Crippen molar-refractivity contribution in [1.82, 2.24) is 5.32 Å². The summed E-state index contributed by atoms with van der Waals surface area (Å²) in [5, 5.41) is 3.04. The number of hydrogen-bond donors (Lipinski definition) is 1. The normalized spacial score (nSPS) is 19.8. The molecular weight excluding hydrogens is 250 g/mol. The largest absolute Gasteiger partial charge is 0.376 e. The molecule has 0 unspecified atom stereocenters. The average molecular weight is 275 g/mol. The molecule has 0 aromatic heterocycles. The summed E-state index contributed by atoms with van der Waals surface area (Å²) in [7, 11) is 0. The number of carbonyl (C=O) groups is 1. The topological polar surface area (TPSA) is 38.3 Å². The third-order valence-corrected chi connectivity index (χ3v) is 3.92. The van der Waals surface area contributed by atoms with E-state index in [1.165, 1.54) is 18.4 Å². The molecule has 3 nitrogen and oxygen atoms in total. The quantitative estimate of drug-likeness (QED) is 0.865. The van der Waals surface area contributed by atoms with E-state index in [9.17, 15) is 4.79 Å². The Kier molecular flexibility index (Phi) is 5.60. The van der Waals surface area contributed by atoms with Crippen molar-refractivity contribution in [3.8, 4) is 0 Å². The van der Waals surface area contributed by atoms with Gasteiger partial charge in [-0.25, -0.2) is 0 Å². The number of benzene rings is 1. The molecule has 1 aromatic rings. The zero-order valence-electron chi connectivity index (χ0n) is 12.5. The predicted octanol–water partition coefficient (Wildman–Crippen LogP) is 3.33. The van der Waals surface area contributed by atoms with E-state index in [2.05, 4.69) is 24.4 Å². The summed E-state index contributed by atoms with van der Waals surface area (Å²) in [6, 6.07) is 8.03. The Morgan fingerprint density at radius 3 is 2.75 bits per heavy atom. The lowest BCUT2D eigenvalue weighted by Gasteiger charge is -2.20. The molecule has 1 N–H and O–H groups in total. The molecule has 1 saturated heterocycles. The molecule has 1 aliphatic rings. The van der Waals surface area contributed by atoms with Crippen LogP contribution in [0.15, 0.2) is 24.3 Å². The maximum absolute atomic E-state index is 12.2. The van der Waals surface area contributed by atoms with Gasteiger partial charge in [-0.1, -0.05) is 25.5 Å². The highest BCUT2D eigenvalue weighted by molar-refractivity contribution is 5.94. The van der Waals surface area contributed by atoms with Crippen molar-refractivity contribution in [3.05, 3.63) is 35.4 Å². The molecule has 1 aromatic carbocycles. The molecule has 1 heterocycles. The van der Waals surface area contributed by atoms with Crippen molar-refractivity contribution in [2.45, 2.75) is 58.1 Å². The fourth-order valence-corrected chi connectivity index (χ4v) is 2.58. The first kappa shape index (κ1) is 15.0. The highest BCUT2D eigenvalue weighted by Crippen LogP contribution is 2.16. The van der Waals surface area contributed by atoms with E-state index in [0.29, 0.717) is 0 Å². The first-order chi connectivity index (χ1) is 9.70. The van der Waals surface area contributed by atoms with Gasteiger partial charge in [-0.3, -0.25) is 4.79 Å². The van der Waals surface area contributed by atoms with Gasteiger partial charge in [-0.05, 0) is 50.3 Å². The molecule has 3 heteroatoms. The third kappa shape index (κ3) is 4.07. The molecule has 0 radical (unpaired) electrons. The number of unbranched alkanes of at least 4 members (excludes halogenated alkanes) is 1. The van der Waals surface area contributed by atoms with Crippen LogP contribution in [0.5, 0.6) is 0 Å². The Morgan fingerprint density at radius 1 is 1.40 bits per heavy atom. The van der Waals surface area contributed by atoms with Crippen LogP contribution in [0.1, 0.15) is 55.5 Å². The molecule has 1 amide bonds. The number of hydrogen-bond acceptors (Lipinski definition) is 2. The Bertz CT molecular complexity index is 421.